The van der Waals surface area contributed by atoms with Gasteiger partial charge in [-0.3, -0.25) is 0 Å². The van der Waals surface area contributed by atoms with Gasteiger partial charge in [0.15, 0.2) is 0 Å². The first-order chi connectivity index (χ1) is 8.49. The summed E-state index contributed by atoms with van der Waals surface area (Å²) >= 11 is 0. The van der Waals surface area contributed by atoms with Crippen molar-refractivity contribution < 1.29 is 9.90 Å². The van der Waals surface area contributed by atoms with E-state index in [1.165, 1.54) is 22.8 Å². The summed E-state index contributed by atoms with van der Waals surface area (Å²) in [5, 5.41) is 8.50. The van der Waals surface area contributed by atoms with Crippen LogP contribution in [-0.4, -0.2) is 36.1 Å². The van der Waals surface area contributed by atoms with Crippen LogP contribution in [0.5, 0.6) is 0 Å². The molecule has 0 radical (unpaired) electrons. The summed E-state index contributed by atoms with van der Waals surface area (Å²) in [7, 11) is 2.00. The minimum Gasteiger partial charge on any atom is -0.478 e. The molecule has 0 spiro atoms. The molecule has 0 atom stereocenters. The van der Waals surface area contributed by atoms with Crippen molar-refractivity contribution in [2.24, 2.45) is 0 Å². The van der Waals surface area contributed by atoms with Gasteiger partial charge in [0.2, 0.25) is 0 Å². The predicted octanol–water partition coefficient (Wildman–Crippen LogP) is 2.42. The minimum absolute atomic E-state index is 0.664. The number of nitrogens with zero attached hydrogens (tertiary/aromatic N) is 1. The van der Waals surface area contributed by atoms with Crippen LogP contribution < -0.4 is 0 Å². The SMILES string of the molecule is Cc1ccc(C)c(CCN(C)C/C=C/C(=O)O)c1. The van der Waals surface area contributed by atoms with Crippen LogP contribution >= 0.6 is 0 Å². The van der Waals surface area contributed by atoms with Crippen LogP contribution in [0.2, 0.25) is 0 Å². The van der Waals surface area contributed by atoms with Crippen LogP contribution in [0, 0.1) is 13.8 Å². The predicted molar refractivity (Wildman–Crippen MR) is 73.9 cm³/mol. The zero-order chi connectivity index (χ0) is 13.5. The Bertz CT molecular complexity index is 438. The summed E-state index contributed by atoms with van der Waals surface area (Å²) in [4.78, 5) is 12.4. The molecular weight excluding hydrogens is 226 g/mol. The zero-order valence-electron chi connectivity index (χ0n) is 11.3. The number of carbonyl (C=O) groups is 1. The van der Waals surface area contributed by atoms with Crippen molar-refractivity contribution in [2.45, 2.75) is 20.3 Å². The highest BCUT2D eigenvalue weighted by molar-refractivity contribution is 5.79. The molecule has 0 saturated carbocycles. The second-order valence-corrected chi connectivity index (χ2v) is 4.68. The summed E-state index contributed by atoms with van der Waals surface area (Å²) in [6, 6.07) is 6.49. The van der Waals surface area contributed by atoms with Crippen LogP contribution in [0.25, 0.3) is 0 Å². The summed E-state index contributed by atoms with van der Waals surface area (Å²) in [5.74, 6) is -0.891. The molecule has 0 fully saturated rings. The number of carboxylic acid groups (broad SMARTS) is 1. The maximum Gasteiger partial charge on any atom is 0.328 e. The van der Waals surface area contributed by atoms with Crippen molar-refractivity contribution in [1.29, 1.82) is 0 Å². The lowest BCUT2D eigenvalue weighted by atomic mass is 10.0. The van der Waals surface area contributed by atoms with Crippen LogP contribution in [0.4, 0.5) is 0 Å². The maximum absolute atomic E-state index is 10.3. The molecule has 0 heterocycles. The van der Waals surface area contributed by atoms with E-state index in [2.05, 4.69) is 36.9 Å². The van der Waals surface area contributed by atoms with Gasteiger partial charge in [-0.15, -0.1) is 0 Å². The Morgan fingerprint density at radius 1 is 1.39 bits per heavy atom. The summed E-state index contributed by atoms with van der Waals surface area (Å²) in [5.41, 5.74) is 3.96. The lowest BCUT2D eigenvalue weighted by Crippen LogP contribution is -2.21. The van der Waals surface area contributed by atoms with E-state index in [9.17, 15) is 4.79 Å². The summed E-state index contributed by atoms with van der Waals surface area (Å²) < 4.78 is 0. The standard InChI is InChI=1S/C15H21NO2/c1-12-6-7-13(2)14(11-12)8-10-16(3)9-4-5-15(17)18/h4-7,11H,8-10H2,1-3H3,(H,17,18)/b5-4+. The fourth-order valence-electron chi connectivity index (χ4n) is 1.81. The fourth-order valence-corrected chi connectivity index (χ4v) is 1.81. The lowest BCUT2D eigenvalue weighted by molar-refractivity contribution is -0.131. The molecule has 0 saturated heterocycles. The first-order valence-corrected chi connectivity index (χ1v) is 6.13. The molecule has 3 heteroatoms. The number of aliphatic carboxylic acids is 1. The zero-order valence-corrected chi connectivity index (χ0v) is 11.3. The first-order valence-electron chi connectivity index (χ1n) is 6.13. The third-order valence-electron chi connectivity index (χ3n) is 2.95. The van der Waals surface area contributed by atoms with E-state index in [1.54, 1.807) is 6.08 Å². The van der Waals surface area contributed by atoms with Crippen molar-refractivity contribution in [3.05, 3.63) is 47.0 Å². The Hall–Kier alpha value is -1.61. The van der Waals surface area contributed by atoms with Crippen molar-refractivity contribution >= 4 is 5.97 Å². The Morgan fingerprint density at radius 3 is 2.78 bits per heavy atom. The molecule has 0 bridgehead atoms. The van der Waals surface area contributed by atoms with E-state index >= 15 is 0 Å². The van der Waals surface area contributed by atoms with Crippen molar-refractivity contribution in [3.63, 3.8) is 0 Å². The third kappa shape index (κ3) is 5.15. The van der Waals surface area contributed by atoms with Gasteiger partial charge in [0, 0.05) is 19.2 Å². The largest absolute Gasteiger partial charge is 0.478 e. The lowest BCUT2D eigenvalue weighted by Gasteiger charge is -2.15. The van der Waals surface area contributed by atoms with E-state index in [-0.39, 0.29) is 0 Å². The van der Waals surface area contributed by atoms with Gasteiger partial charge in [0.1, 0.15) is 0 Å². The molecule has 1 N–H and O–H groups in total. The maximum atomic E-state index is 10.3. The van der Waals surface area contributed by atoms with Crippen molar-refractivity contribution in [3.8, 4) is 0 Å². The molecule has 1 rings (SSSR count). The molecule has 0 aliphatic carbocycles. The quantitative estimate of drug-likeness (QED) is 0.785. The van der Waals surface area contributed by atoms with Crippen molar-refractivity contribution in [1.82, 2.24) is 4.90 Å². The minimum atomic E-state index is -0.891. The molecule has 18 heavy (non-hydrogen) atoms. The molecule has 0 aromatic heterocycles. The van der Waals surface area contributed by atoms with Crippen LogP contribution in [0.3, 0.4) is 0 Å². The fraction of sp³-hybridized carbons (Fsp3) is 0.400. The van der Waals surface area contributed by atoms with Gasteiger partial charge in [-0.05, 0) is 38.4 Å². The van der Waals surface area contributed by atoms with Gasteiger partial charge >= 0.3 is 5.97 Å². The highest BCUT2D eigenvalue weighted by Gasteiger charge is 2.01. The van der Waals surface area contributed by atoms with E-state index in [4.69, 9.17) is 5.11 Å². The number of benzene rings is 1. The normalized spacial score (nSPS) is 11.3. The Kier molecular flexibility index (Phi) is 5.59. The molecule has 1 aromatic rings. The summed E-state index contributed by atoms with van der Waals surface area (Å²) in [6.45, 7) is 5.81. The number of aryl methyl sites for hydroxylation is 2. The molecule has 0 amide bonds. The smallest absolute Gasteiger partial charge is 0.328 e. The van der Waals surface area contributed by atoms with Crippen LogP contribution in [0.1, 0.15) is 16.7 Å². The van der Waals surface area contributed by atoms with Gasteiger partial charge < -0.3 is 10.0 Å². The van der Waals surface area contributed by atoms with Crippen molar-refractivity contribution in [2.75, 3.05) is 20.1 Å². The number of likely N-dealkylation sites (N-methyl/N-ethyl adjacent to an activating group) is 1. The molecule has 3 nitrogen and oxygen atoms in total. The van der Waals surface area contributed by atoms with Gasteiger partial charge in [0.25, 0.3) is 0 Å². The monoisotopic (exact) mass is 247 g/mol. The average Bonchev–Trinajstić information content (AvgIpc) is 2.30. The molecule has 0 aliphatic heterocycles. The second kappa shape index (κ2) is 6.97. The molecular formula is C15H21NO2. The van der Waals surface area contributed by atoms with Gasteiger partial charge in [-0.2, -0.15) is 0 Å². The number of rotatable bonds is 6. The molecule has 0 aliphatic rings. The number of hydrogen-bond donors (Lipinski definition) is 1. The Morgan fingerprint density at radius 2 is 2.11 bits per heavy atom. The van der Waals surface area contributed by atoms with E-state index < -0.39 is 5.97 Å². The number of carboxylic acids is 1. The second-order valence-electron chi connectivity index (χ2n) is 4.68. The number of hydrogen-bond acceptors (Lipinski definition) is 2. The van der Waals surface area contributed by atoms with E-state index in [0.29, 0.717) is 6.54 Å². The van der Waals surface area contributed by atoms with E-state index in [0.717, 1.165) is 13.0 Å². The Balaban J connectivity index is 2.44. The molecule has 0 unspecified atom stereocenters. The van der Waals surface area contributed by atoms with E-state index in [1.807, 2.05) is 7.05 Å². The molecule has 1 aromatic carbocycles. The highest BCUT2D eigenvalue weighted by Crippen LogP contribution is 2.11. The van der Waals surface area contributed by atoms with Gasteiger partial charge in [0.05, 0.1) is 0 Å². The van der Waals surface area contributed by atoms with Crippen LogP contribution in [0.15, 0.2) is 30.4 Å². The van der Waals surface area contributed by atoms with Crippen LogP contribution in [-0.2, 0) is 11.2 Å². The van der Waals surface area contributed by atoms with Gasteiger partial charge in [-0.25, -0.2) is 4.79 Å². The average molecular weight is 247 g/mol. The summed E-state index contributed by atoms with van der Waals surface area (Å²) in [6.07, 6.45) is 3.85. The molecule has 98 valence electrons. The van der Waals surface area contributed by atoms with Gasteiger partial charge in [-0.1, -0.05) is 29.8 Å². The highest BCUT2D eigenvalue weighted by atomic mass is 16.4. The third-order valence-corrected chi connectivity index (χ3v) is 2.95. The first kappa shape index (κ1) is 14.5. The topological polar surface area (TPSA) is 40.5 Å². The Labute approximate surface area is 109 Å².